The number of benzene rings is 1. The second-order valence-corrected chi connectivity index (χ2v) is 5.78. The van der Waals surface area contributed by atoms with Crippen LogP contribution in [0.2, 0.25) is 5.02 Å². The average molecular weight is 290 g/mol. The van der Waals surface area contributed by atoms with Gasteiger partial charge < -0.3 is 5.32 Å². The zero-order chi connectivity index (χ0) is 14.1. The first-order valence-electron chi connectivity index (χ1n) is 7.23. The lowest BCUT2D eigenvalue weighted by molar-refractivity contribution is 0.572. The number of rotatable bonds is 4. The van der Waals surface area contributed by atoms with Gasteiger partial charge in [0.15, 0.2) is 0 Å². The molecular formula is C16H20ClN3. The summed E-state index contributed by atoms with van der Waals surface area (Å²) >= 11 is 6.32. The molecule has 1 unspecified atom stereocenters. The van der Waals surface area contributed by atoms with Gasteiger partial charge in [0.05, 0.1) is 23.0 Å². The highest BCUT2D eigenvalue weighted by atomic mass is 35.5. The fourth-order valence-electron chi connectivity index (χ4n) is 3.09. The molecule has 0 radical (unpaired) electrons. The van der Waals surface area contributed by atoms with E-state index in [0.29, 0.717) is 0 Å². The second kappa shape index (κ2) is 5.58. The summed E-state index contributed by atoms with van der Waals surface area (Å²) in [6.07, 6.45) is 5.40. The van der Waals surface area contributed by atoms with E-state index in [1.807, 2.05) is 11.7 Å². The minimum atomic E-state index is 0.103. The number of hydrogen-bond donors (Lipinski definition) is 1. The Labute approximate surface area is 124 Å². The molecule has 1 aliphatic rings. The first-order chi connectivity index (χ1) is 9.70. The van der Waals surface area contributed by atoms with Gasteiger partial charge in [-0.1, -0.05) is 36.7 Å². The SMILES string of the molecule is CCNC(c1ccc2c(c1)CCC2)c1c(Cl)cnn1C. The summed E-state index contributed by atoms with van der Waals surface area (Å²) in [4.78, 5) is 0. The fourth-order valence-corrected chi connectivity index (χ4v) is 3.37. The normalized spacial score (nSPS) is 15.3. The van der Waals surface area contributed by atoms with Crippen LogP contribution in [0.1, 0.15) is 41.8 Å². The molecule has 3 rings (SSSR count). The predicted molar refractivity (Wildman–Crippen MR) is 82.2 cm³/mol. The Morgan fingerprint density at radius 2 is 2.15 bits per heavy atom. The minimum absolute atomic E-state index is 0.103. The zero-order valence-corrected chi connectivity index (χ0v) is 12.7. The number of nitrogens with zero attached hydrogens (tertiary/aromatic N) is 2. The van der Waals surface area contributed by atoms with Gasteiger partial charge in [-0.05, 0) is 42.5 Å². The summed E-state index contributed by atoms with van der Waals surface area (Å²) in [5.74, 6) is 0. The van der Waals surface area contributed by atoms with Crippen molar-refractivity contribution >= 4 is 11.6 Å². The largest absolute Gasteiger partial charge is 0.305 e. The maximum absolute atomic E-state index is 6.32. The van der Waals surface area contributed by atoms with Crippen LogP contribution in [0.4, 0.5) is 0 Å². The van der Waals surface area contributed by atoms with E-state index in [0.717, 1.165) is 17.3 Å². The first-order valence-corrected chi connectivity index (χ1v) is 7.61. The molecule has 1 atom stereocenters. The molecule has 4 heteroatoms. The Hall–Kier alpha value is -1.32. The Morgan fingerprint density at radius 3 is 2.85 bits per heavy atom. The third-order valence-corrected chi connectivity index (χ3v) is 4.37. The van der Waals surface area contributed by atoms with Crippen LogP contribution >= 0.6 is 11.6 Å². The Morgan fingerprint density at radius 1 is 1.35 bits per heavy atom. The number of nitrogens with one attached hydrogen (secondary N) is 1. The number of aryl methyl sites for hydroxylation is 3. The summed E-state index contributed by atoms with van der Waals surface area (Å²) in [6.45, 7) is 3.01. The topological polar surface area (TPSA) is 29.9 Å². The van der Waals surface area contributed by atoms with Crippen molar-refractivity contribution in [1.82, 2.24) is 15.1 Å². The van der Waals surface area contributed by atoms with E-state index in [1.54, 1.807) is 6.20 Å². The van der Waals surface area contributed by atoms with Gasteiger partial charge >= 0.3 is 0 Å². The van der Waals surface area contributed by atoms with Crippen molar-refractivity contribution < 1.29 is 0 Å². The number of halogens is 1. The lowest BCUT2D eigenvalue weighted by atomic mass is 9.99. The molecular weight excluding hydrogens is 270 g/mol. The van der Waals surface area contributed by atoms with Gasteiger partial charge in [0.1, 0.15) is 0 Å². The summed E-state index contributed by atoms with van der Waals surface area (Å²) in [6, 6.07) is 6.93. The van der Waals surface area contributed by atoms with Crippen LogP contribution in [0.5, 0.6) is 0 Å². The molecule has 0 aliphatic heterocycles. The van der Waals surface area contributed by atoms with Crippen LogP contribution in [0, 0.1) is 0 Å². The van der Waals surface area contributed by atoms with Crippen LogP contribution in [0.3, 0.4) is 0 Å². The minimum Gasteiger partial charge on any atom is -0.305 e. The van der Waals surface area contributed by atoms with Gasteiger partial charge in [-0.15, -0.1) is 0 Å². The summed E-state index contributed by atoms with van der Waals surface area (Å²) < 4.78 is 1.86. The van der Waals surface area contributed by atoms with E-state index in [9.17, 15) is 0 Å². The summed E-state index contributed by atoms with van der Waals surface area (Å²) in [5.41, 5.74) is 5.30. The smallest absolute Gasteiger partial charge is 0.0837 e. The number of hydrogen-bond acceptors (Lipinski definition) is 2. The molecule has 106 valence electrons. The molecule has 0 saturated heterocycles. The Bertz CT molecular complexity index is 599. The molecule has 0 saturated carbocycles. The van der Waals surface area contributed by atoms with Gasteiger partial charge in [0.25, 0.3) is 0 Å². The molecule has 1 aliphatic carbocycles. The lowest BCUT2D eigenvalue weighted by Gasteiger charge is -2.20. The first kappa shape index (κ1) is 13.7. The monoisotopic (exact) mass is 289 g/mol. The van der Waals surface area contributed by atoms with E-state index in [1.165, 1.54) is 36.0 Å². The molecule has 3 nitrogen and oxygen atoms in total. The highest BCUT2D eigenvalue weighted by Crippen LogP contribution is 2.31. The van der Waals surface area contributed by atoms with E-state index in [-0.39, 0.29) is 6.04 Å². The van der Waals surface area contributed by atoms with Crippen molar-refractivity contribution in [2.45, 2.75) is 32.2 Å². The summed E-state index contributed by atoms with van der Waals surface area (Å²) in [5, 5.41) is 8.51. The van der Waals surface area contributed by atoms with Crippen molar-refractivity contribution in [1.29, 1.82) is 0 Å². The molecule has 0 spiro atoms. The molecule has 2 aromatic rings. The maximum atomic E-state index is 6.32. The molecule has 20 heavy (non-hydrogen) atoms. The molecule has 1 aromatic heterocycles. The van der Waals surface area contributed by atoms with Gasteiger partial charge in [0, 0.05) is 7.05 Å². The quantitative estimate of drug-likeness (QED) is 0.936. The van der Waals surface area contributed by atoms with Crippen LogP contribution < -0.4 is 5.32 Å². The number of fused-ring (bicyclic) bond motifs is 1. The average Bonchev–Trinajstić information content (AvgIpc) is 3.03. The van der Waals surface area contributed by atoms with Gasteiger partial charge in [-0.2, -0.15) is 5.10 Å². The standard InChI is InChI=1S/C16H20ClN3/c1-3-18-15(16-14(17)10-19-20(16)2)13-8-7-11-5-4-6-12(11)9-13/h7-10,15,18H,3-6H2,1-2H3. The molecule has 1 heterocycles. The molecule has 0 amide bonds. The van der Waals surface area contributed by atoms with E-state index < -0.39 is 0 Å². The van der Waals surface area contributed by atoms with Crippen molar-refractivity contribution in [3.05, 3.63) is 51.8 Å². The second-order valence-electron chi connectivity index (χ2n) is 5.37. The Kier molecular flexibility index (Phi) is 3.81. The third kappa shape index (κ3) is 2.36. The van der Waals surface area contributed by atoms with E-state index in [2.05, 4.69) is 35.5 Å². The molecule has 1 aromatic carbocycles. The lowest BCUT2D eigenvalue weighted by Crippen LogP contribution is -2.24. The predicted octanol–water partition coefficient (Wildman–Crippen LogP) is 3.26. The van der Waals surface area contributed by atoms with Crippen LogP contribution in [-0.2, 0) is 19.9 Å². The fraction of sp³-hybridized carbons (Fsp3) is 0.438. The highest BCUT2D eigenvalue weighted by molar-refractivity contribution is 6.31. The van der Waals surface area contributed by atoms with Crippen molar-refractivity contribution in [3.63, 3.8) is 0 Å². The van der Waals surface area contributed by atoms with Gasteiger partial charge in [0.2, 0.25) is 0 Å². The summed E-state index contributed by atoms with van der Waals surface area (Å²) in [7, 11) is 1.94. The van der Waals surface area contributed by atoms with E-state index in [4.69, 9.17) is 11.6 Å². The van der Waals surface area contributed by atoms with Crippen molar-refractivity contribution in [2.75, 3.05) is 6.54 Å². The maximum Gasteiger partial charge on any atom is 0.0837 e. The highest BCUT2D eigenvalue weighted by Gasteiger charge is 2.22. The Balaban J connectivity index is 2.03. The van der Waals surface area contributed by atoms with Crippen LogP contribution in [0.15, 0.2) is 24.4 Å². The van der Waals surface area contributed by atoms with Crippen LogP contribution in [-0.4, -0.2) is 16.3 Å². The van der Waals surface area contributed by atoms with E-state index >= 15 is 0 Å². The van der Waals surface area contributed by atoms with Crippen LogP contribution in [0.25, 0.3) is 0 Å². The molecule has 0 bridgehead atoms. The van der Waals surface area contributed by atoms with Gasteiger partial charge in [-0.25, -0.2) is 0 Å². The van der Waals surface area contributed by atoms with Crippen molar-refractivity contribution in [3.8, 4) is 0 Å². The number of aromatic nitrogens is 2. The zero-order valence-electron chi connectivity index (χ0n) is 12.0. The molecule has 0 fully saturated rings. The third-order valence-electron chi connectivity index (χ3n) is 4.08. The molecule has 1 N–H and O–H groups in total. The van der Waals surface area contributed by atoms with Crippen molar-refractivity contribution in [2.24, 2.45) is 7.05 Å². The van der Waals surface area contributed by atoms with Gasteiger partial charge in [-0.3, -0.25) is 4.68 Å².